The second-order valence-electron chi connectivity index (χ2n) is 8.17. The van der Waals surface area contributed by atoms with Crippen molar-refractivity contribution in [2.24, 2.45) is 0 Å². The van der Waals surface area contributed by atoms with E-state index in [2.05, 4.69) is 5.32 Å². The van der Waals surface area contributed by atoms with E-state index in [4.69, 9.17) is 14.5 Å². The maximum Gasteiger partial charge on any atom is 0.260 e. The predicted octanol–water partition coefficient (Wildman–Crippen LogP) is 4.28. The molecular formula is C27H24N4O4. The number of hydrogen-bond donors (Lipinski definition) is 1. The van der Waals surface area contributed by atoms with Gasteiger partial charge in [0.25, 0.3) is 5.56 Å². The van der Waals surface area contributed by atoms with Crippen LogP contribution in [0.3, 0.4) is 0 Å². The van der Waals surface area contributed by atoms with Crippen LogP contribution >= 0.6 is 0 Å². The minimum absolute atomic E-state index is 0.0544. The van der Waals surface area contributed by atoms with Crippen LogP contribution < -0.4 is 20.3 Å². The summed E-state index contributed by atoms with van der Waals surface area (Å²) in [4.78, 5) is 31.1. The zero-order valence-corrected chi connectivity index (χ0v) is 19.6. The van der Waals surface area contributed by atoms with Gasteiger partial charge >= 0.3 is 0 Å². The highest BCUT2D eigenvalue weighted by molar-refractivity contribution is 5.94. The Labute approximate surface area is 201 Å². The van der Waals surface area contributed by atoms with E-state index in [1.807, 2.05) is 55.5 Å². The number of aromatic nitrogens is 3. The molecule has 8 heteroatoms. The smallest absolute Gasteiger partial charge is 0.260 e. The number of methoxy groups -OCH3 is 2. The number of carbonyl (C=O) groups is 1. The number of hydrogen-bond acceptors (Lipinski definition) is 5. The van der Waals surface area contributed by atoms with Gasteiger partial charge in [0.05, 0.1) is 36.6 Å². The van der Waals surface area contributed by atoms with Crippen LogP contribution in [0.5, 0.6) is 11.5 Å². The Morgan fingerprint density at radius 1 is 0.943 bits per heavy atom. The lowest BCUT2D eigenvalue weighted by Gasteiger charge is -2.12. The highest BCUT2D eigenvalue weighted by Crippen LogP contribution is 2.29. The summed E-state index contributed by atoms with van der Waals surface area (Å²) < 4.78 is 13.9. The molecule has 35 heavy (non-hydrogen) atoms. The minimum atomic E-state index is -0.296. The number of benzene rings is 3. The number of fused-ring (bicyclic) bond motifs is 3. The minimum Gasteiger partial charge on any atom is -0.497 e. The first-order valence-corrected chi connectivity index (χ1v) is 11.1. The summed E-state index contributed by atoms with van der Waals surface area (Å²) in [5, 5.41) is 2.89. The van der Waals surface area contributed by atoms with Crippen molar-refractivity contribution in [3.05, 3.63) is 88.7 Å². The van der Waals surface area contributed by atoms with Crippen molar-refractivity contribution in [2.45, 2.75) is 13.5 Å². The maximum absolute atomic E-state index is 13.2. The summed E-state index contributed by atoms with van der Waals surface area (Å²) in [7, 11) is 3.09. The number of para-hydroxylation sites is 2. The van der Waals surface area contributed by atoms with Crippen molar-refractivity contribution < 1.29 is 14.3 Å². The topological polar surface area (TPSA) is 86.9 Å². The molecule has 0 bridgehead atoms. The first kappa shape index (κ1) is 22.2. The number of nitrogens with zero attached hydrogens (tertiary/aromatic N) is 3. The molecule has 0 atom stereocenters. The van der Waals surface area contributed by atoms with Crippen LogP contribution in [-0.4, -0.2) is 34.1 Å². The van der Waals surface area contributed by atoms with Gasteiger partial charge in [0.2, 0.25) is 11.7 Å². The van der Waals surface area contributed by atoms with Crippen LogP contribution in [0.4, 0.5) is 5.69 Å². The molecule has 1 N–H and O–H groups in total. The molecule has 8 nitrogen and oxygen atoms in total. The Balaban J connectivity index is 1.60. The van der Waals surface area contributed by atoms with Crippen molar-refractivity contribution in [3.63, 3.8) is 0 Å². The predicted molar refractivity (Wildman–Crippen MR) is 135 cm³/mol. The Bertz CT molecular complexity index is 1620. The monoisotopic (exact) mass is 468 g/mol. The first-order valence-electron chi connectivity index (χ1n) is 11.1. The largest absolute Gasteiger partial charge is 0.497 e. The summed E-state index contributed by atoms with van der Waals surface area (Å²) in [5.74, 6) is 1.20. The van der Waals surface area contributed by atoms with Crippen molar-refractivity contribution in [2.75, 3.05) is 19.5 Å². The van der Waals surface area contributed by atoms with E-state index in [9.17, 15) is 9.59 Å². The Hall–Kier alpha value is -4.59. The Morgan fingerprint density at radius 3 is 2.40 bits per heavy atom. The number of rotatable bonds is 6. The molecule has 1 amide bonds. The quantitative estimate of drug-likeness (QED) is 0.402. The van der Waals surface area contributed by atoms with Gasteiger partial charge in [-0.3, -0.25) is 9.59 Å². The molecule has 0 unspecified atom stereocenters. The van der Waals surface area contributed by atoms with Gasteiger partial charge in [-0.15, -0.1) is 0 Å². The summed E-state index contributed by atoms with van der Waals surface area (Å²) in [6.07, 6.45) is 0. The number of imidazole rings is 1. The Morgan fingerprint density at radius 2 is 1.69 bits per heavy atom. The highest BCUT2D eigenvalue weighted by atomic mass is 16.5. The van der Waals surface area contributed by atoms with E-state index in [0.717, 1.165) is 16.6 Å². The molecule has 176 valence electrons. The van der Waals surface area contributed by atoms with Crippen LogP contribution in [-0.2, 0) is 11.3 Å². The van der Waals surface area contributed by atoms with Gasteiger partial charge < -0.3 is 19.4 Å². The molecule has 3 aromatic carbocycles. The number of aryl methyl sites for hydroxylation is 1. The summed E-state index contributed by atoms with van der Waals surface area (Å²) in [5.41, 5.74) is 4.18. The number of carbonyl (C=O) groups excluding carboxylic acids is 1. The zero-order chi connectivity index (χ0) is 24.5. The summed E-state index contributed by atoms with van der Waals surface area (Å²) >= 11 is 0. The molecular weight excluding hydrogens is 444 g/mol. The third-order valence-corrected chi connectivity index (χ3v) is 5.89. The lowest BCUT2D eigenvalue weighted by molar-refractivity contribution is -0.116. The molecule has 0 spiro atoms. The van der Waals surface area contributed by atoms with Gasteiger partial charge in [-0.1, -0.05) is 42.0 Å². The first-order chi connectivity index (χ1) is 17.0. The van der Waals surface area contributed by atoms with E-state index >= 15 is 0 Å². The van der Waals surface area contributed by atoms with E-state index < -0.39 is 0 Å². The lowest BCUT2D eigenvalue weighted by atomic mass is 10.1. The average molecular weight is 469 g/mol. The second kappa shape index (κ2) is 8.98. The average Bonchev–Trinajstić information content (AvgIpc) is 3.18. The molecule has 0 fully saturated rings. The number of amides is 1. The molecule has 0 aliphatic heterocycles. The van der Waals surface area contributed by atoms with Gasteiger partial charge in [-0.25, -0.2) is 9.38 Å². The number of ether oxygens (including phenoxy) is 2. The van der Waals surface area contributed by atoms with Crippen LogP contribution in [0.15, 0.2) is 77.6 Å². The van der Waals surface area contributed by atoms with Crippen LogP contribution in [0.1, 0.15) is 5.56 Å². The van der Waals surface area contributed by atoms with Crippen molar-refractivity contribution >= 4 is 28.4 Å². The fourth-order valence-electron chi connectivity index (χ4n) is 4.14. The summed E-state index contributed by atoms with van der Waals surface area (Å²) in [6.45, 7) is 1.95. The van der Waals surface area contributed by atoms with Crippen molar-refractivity contribution in [3.8, 4) is 22.8 Å². The van der Waals surface area contributed by atoms with Gasteiger partial charge in [-0.05, 0) is 31.2 Å². The third kappa shape index (κ3) is 4.10. The normalized spacial score (nSPS) is 11.1. The third-order valence-electron chi connectivity index (χ3n) is 5.89. The molecule has 2 heterocycles. The molecule has 0 radical (unpaired) electrons. The van der Waals surface area contributed by atoms with E-state index in [-0.39, 0.29) is 18.0 Å². The van der Waals surface area contributed by atoms with E-state index in [1.165, 1.54) is 17.6 Å². The van der Waals surface area contributed by atoms with Gasteiger partial charge in [0.1, 0.15) is 18.0 Å². The van der Waals surface area contributed by atoms with Crippen LogP contribution in [0.2, 0.25) is 0 Å². The zero-order valence-electron chi connectivity index (χ0n) is 19.6. The highest BCUT2D eigenvalue weighted by Gasteiger charge is 2.18. The number of nitrogens with one attached hydrogen (secondary N) is 1. The van der Waals surface area contributed by atoms with Gasteiger partial charge in [-0.2, -0.15) is 0 Å². The molecule has 2 aromatic heterocycles. The molecule has 5 aromatic rings. The molecule has 0 aliphatic rings. The maximum atomic E-state index is 13.2. The number of anilines is 1. The summed E-state index contributed by atoms with van der Waals surface area (Å²) in [6, 6.07) is 22.0. The lowest BCUT2D eigenvalue weighted by Crippen LogP contribution is -2.21. The van der Waals surface area contributed by atoms with Crippen LogP contribution in [0, 0.1) is 6.92 Å². The molecule has 0 saturated heterocycles. The van der Waals surface area contributed by atoms with Crippen molar-refractivity contribution in [1.29, 1.82) is 0 Å². The van der Waals surface area contributed by atoms with Crippen molar-refractivity contribution in [1.82, 2.24) is 14.0 Å². The standard InChI is InChI=1S/C27H24N4O4/c1-17-8-10-18(11-9-17)20-15-26(33)31-23-7-5-4-6-22(23)30(27(31)29-20)16-25(32)28-21-14-19(34-2)12-13-24(21)35-3/h4-15H,16H2,1-3H3,(H,28,32). The molecule has 5 rings (SSSR count). The fourth-order valence-corrected chi connectivity index (χ4v) is 4.14. The van der Waals surface area contributed by atoms with Gasteiger partial charge in [0.15, 0.2) is 0 Å². The Kier molecular flexibility index (Phi) is 5.70. The van der Waals surface area contributed by atoms with E-state index in [0.29, 0.717) is 34.2 Å². The SMILES string of the molecule is COc1ccc(OC)c(NC(=O)Cn2c3ccccc3n3c(=O)cc(-c4ccc(C)cc4)nc23)c1. The van der Waals surface area contributed by atoms with Crippen LogP contribution in [0.25, 0.3) is 28.1 Å². The molecule has 0 saturated carbocycles. The van der Waals surface area contributed by atoms with Gasteiger partial charge in [0, 0.05) is 17.7 Å². The fraction of sp³-hybridized carbons (Fsp3) is 0.148. The molecule has 0 aliphatic carbocycles. The second-order valence-corrected chi connectivity index (χ2v) is 8.17. The van der Waals surface area contributed by atoms with E-state index in [1.54, 1.807) is 29.9 Å².